The van der Waals surface area contributed by atoms with Crippen LogP contribution in [0.25, 0.3) is 0 Å². The first-order chi connectivity index (χ1) is 3.77. The SMILES string of the molecule is O=C([O-])CCCCCl. The van der Waals surface area contributed by atoms with Gasteiger partial charge in [-0.15, -0.1) is 11.6 Å². The van der Waals surface area contributed by atoms with E-state index in [9.17, 15) is 9.90 Å². The maximum atomic E-state index is 9.72. The van der Waals surface area contributed by atoms with Gasteiger partial charge in [-0.2, -0.15) is 0 Å². The number of halogens is 1. The van der Waals surface area contributed by atoms with Gasteiger partial charge in [0.05, 0.1) is 0 Å². The highest BCUT2D eigenvalue weighted by Gasteiger charge is 1.85. The number of unbranched alkanes of at least 4 members (excludes halogenated alkanes) is 1. The lowest BCUT2D eigenvalue weighted by Crippen LogP contribution is -2.21. The summed E-state index contributed by atoms with van der Waals surface area (Å²) in [6.45, 7) is 0. The molecule has 0 saturated carbocycles. The first kappa shape index (κ1) is 7.76. The summed E-state index contributed by atoms with van der Waals surface area (Å²) in [4.78, 5) is 9.72. The molecule has 2 nitrogen and oxygen atoms in total. The minimum absolute atomic E-state index is 0.132. The molecule has 0 aliphatic carbocycles. The van der Waals surface area contributed by atoms with E-state index in [2.05, 4.69) is 0 Å². The fourth-order valence-electron chi connectivity index (χ4n) is 0.364. The Morgan fingerprint density at radius 3 is 2.50 bits per heavy atom. The van der Waals surface area contributed by atoms with Crippen molar-refractivity contribution in [3.8, 4) is 0 Å². The summed E-state index contributed by atoms with van der Waals surface area (Å²) in [5.74, 6) is -0.456. The second-order valence-corrected chi connectivity index (χ2v) is 1.90. The lowest BCUT2D eigenvalue weighted by atomic mass is 10.3. The van der Waals surface area contributed by atoms with E-state index in [1.807, 2.05) is 0 Å². The molecule has 0 amide bonds. The molecule has 3 heteroatoms. The molecule has 0 rings (SSSR count). The molecule has 0 aliphatic rings. The van der Waals surface area contributed by atoms with Crippen LogP contribution in [-0.2, 0) is 4.79 Å². The van der Waals surface area contributed by atoms with Gasteiger partial charge >= 0.3 is 0 Å². The van der Waals surface area contributed by atoms with E-state index in [1.54, 1.807) is 0 Å². The summed E-state index contributed by atoms with van der Waals surface area (Å²) < 4.78 is 0. The molecular formula is C5H8ClO2-. The highest BCUT2D eigenvalue weighted by Crippen LogP contribution is 1.94. The van der Waals surface area contributed by atoms with Crippen molar-refractivity contribution in [3.63, 3.8) is 0 Å². The zero-order valence-corrected chi connectivity index (χ0v) is 5.28. The average Bonchev–Trinajstić information content (AvgIpc) is 1.66. The Labute approximate surface area is 53.5 Å². The summed E-state index contributed by atoms with van der Waals surface area (Å²) in [5.41, 5.74) is 0. The van der Waals surface area contributed by atoms with Gasteiger partial charge in [-0.1, -0.05) is 0 Å². The Bertz CT molecular complexity index is 72.8. The molecule has 0 atom stereocenters. The first-order valence-electron chi connectivity index (χ1n) is 2.53. The summed E-state index contributed by atoms with van der Waals surface area (Å²) in [5, 5.41) is 9.72. The Hall–Kier alpha value is -0.240. The molecule has 0 spiro atoms. The molecule has 0 aromatic rings. The molecule has 8 heavy (non-hydrogen) atoms. The van der Waals surface area contributed by atoms with Crippen LogP contribution in [0.5, 0.6) is 0 Å². The number of carbonyl (C=O) groups is 1. The molecule has 0 heterocycles. The van der Waals surface area contributed by atoms with Crippen molar-refractivity contribution in [1.82, 2.24) is 0 Å². The van der Waals surface area contributed by atoms with E-state index in [4.69, 9.17) is 11.6 Å². The number of carboxylic acids is 1. The Balaban J connectivity index is 2.82. The van der Waals surface area contributed by atoms with Crippen LogP contribution in [0, 0.1) is 0 Å². The van der Waals surface area contributed by atoms with E-state index in [0.29, 0.717) is 12.3 Å². The van der Waals surface area contributed by atoms with Crippen LogP contribution >= 0.6 is 11.6 Å². The number of rotatable bonds is 4. The molecule has 0 aliphatic heterocycles. The quantitative estimate of drug-likeness (QED) is 0.407. The highest BCUT2D eigenvalue weighted by atomic mass is 35.5. The third-order valence-corrected chi connectivity index (χ3v) is 1.03. The van der Waals surface area contributed by atoms with E-state index in [1.165, 1.54) is 0 Å². The smallest absolute Gasteiger partial charge is 0.0414 e. The van der Waals surface area contributed by atoms with Gasteiger partial charge in [0.2, 0.25) is 0 Å². The molecule has 0 aromatic heterocycles. The van der Waals surface area contributed by atoms with Crippen LogP contribution in [0.1, 0.15) is 19.3 Å². The maximum Gasteiger partial charge on any atom is 0.0414 e. The van der Waals surface area contributed by atoms with Crippen LogP contribution in [0.2, 0.25) is 0 Å². The first-order valence-corrected chi connectivity index (χ1v) is 3.06. The van der Waals surface area contributed by atoms with Crippen LogP contribution in [0.4, 0.5) is 0 Å². The molecule has 0 saturated heterocycles. The number of aliphatic carboxylic acids is 1. The Morgan fingerprint density at radius 1 is 1.50 bits per heavy atom. The second-order valence-electron chi connectivity index (χ2n) is 1.52. The predicted octanol–water partition coefficient (Wildman–Crippen LogP) is 0.145. The van der Waals surface area contributed by atoms with E-state index in [0.717, 1.165) is 6.42 Å². The number of hydrogen-bond donors (Lipinski definition) is 0. The second kappa shape index (κ2) is 4.91. The summed E-state index contributed by atoms with van der Waals surface area (Å²) in [6, 6.07) is 0. The third-order valence-electron chi connectivity index (χ3n) is 0.765. The third kappa shape index (κ3) is 5.76. The zero-order chi connectivity index (χ0) is 6.41. The van der Waals surface area contributed by atoms with Gasteiger partial charge in [-0.25, -0.2) is 0 Å². The van der Waals surface area contributed by atoms with Gasteiger partial charge < -0.3 is 9.90 Å². The molecular weight excluding hydrogens is 128 g/mol. The van der Waals surface area contributed by atoms with Crippen molar-refractivity contribution < 1.29 is 9.90 Å². The van der Waals surface area contributed by atoms with Gasteiger partial charge in [0.1, 0.15) is 0 Å². The molecule has 0 radical (unpaired) electrons. The predicted molar refractivity (Wildman–Crippen MR) is 29.6 cm³/mol. The maximum absolute atomic E-state index is 9.72. The molecule has 0 N–H and O–H groups in total. The lowest BCUT2D eigenvalue weighted by Gasteiger charge is -1.97. The van der Waals surface area contributed by atoms with Crippen LogP contribution in [0.3, 0.4) is 0 Å². The van der Waals surface area contributed by atoms with Gasteiger partial charge in [-0.05, 0) is 19.3 Å². The standard InChI is InChI=1S/C5H9ClO2/c6-4-2-1-3-5(7)8/h1-4H2,(H,7,8)/p-1. The van der Waals surface area contributed by atoms with Crippen molar-refractivity contribution in [2.45, 2.75) is 19.3 Å². The summed E-state index contributed by atoms with van der Waals surface area (Å²) >= 11 is 5.27. The van der Waals surface area contributed by atoms with Gasteiger partial charge in [-0.3, -0.25) is 0 Å². The van der Waals surface area contributed by atoms with Gasteiger partial charge in [0, 0.05) is 11.8 Å². The number of carbonyl (C=O) groups excluding carboxylic acids is 1. The largest absolute Gasteiger partial charge is 0.550 e. The van der Waals surface area contributed by atoms with E-state index in [-0.39, 0.29) is 6.42 Å². The van der Waals surface area contributed by atoms with E-state index >= 15 is 0 Å². The summed E-state index contributed by atoms with van der Waals surface area (Å²) in [7, 11) is 0. The van der Waals surface area contributed by atoms with Crippen molar-refractivity contribution >= 4 is 17.6 Å². The minimum Gasteiger partial charge on any atom is -0.550 e. The van der Waals surface area contributed by atoms with Crippen LogP contribution in [0.15, 0.2) is 0 Å². The summed E-state index contributed by atoms with van der Waals surface area (Å²) in [6.07, 6.45) is 1.52. The van der Waals surface area contributed by atoms with Crippen molar-refractivity contribution in [1.29, 1.82) is 0 Å². The molecule has 0 fully saturated rings. The molecule has 0 bridgehead atoms. The monoisotopic (exact) mass is 135 g/mol. The normalized spacial score (nSPS) is 9.12. The fraction of sp³-hybridized carbons (Fsp3) is 0.800. The van der Waals surface area contributed by atoms with Crippen molar-refractivity contribution in [3.05, 3.63) is 0 Å². The van der Waals surface area contributed by atoms with E-state index < -0.39 is 5.97 Å². The van der Waals surface area contributed by atoms with Gasteiger partial charge in [0.15, 0.2) is 0 Å². The average molecular weight is 136 g/mol. The molecule has 48 valence electrons. The number of carboxylic acid groups (broad SMARTS) is 1. The molecule has 0 aromatic carbocycles. The van der Waals surface area contributed by atoms with Crippen molar-refractivity contribution in [2.75, 3.05) is 5.88 Å². The Kier molecular flexibility index (Phi) is 4.76. The lowest BCUT2D eigenvalue weighted by molar-refractivity contribution is -0.305. The van der Waals surface area contributed by atoms with Crippen LogP contribution < -0.4 is 5.11 Å². The Morgan fingerprint density at radius 2 is 2.12 bits per heavy atom. The van der Waals surface area contributed by atoms with Gasteiger partial charge in [0.25, 0.3) is 0 Å². The molecule has 0 unspecified atom stereocenters. The topological polar surface area (TPSA) is 40.1 Å². The number of hydrogen-bond acceptors (Lipinski definition) is 2. The van der Waals surface area contributed by atoms with Crippen LogP contribution in [-0.4, -0.2) is 11.8 Å². The van der Waals surface area contributed by atoms with Crippen molar-refractivity contribution in [2.24, 2.45) is 0 Å². The minimum atomic E-state index is -0.991. The fourth-order valence-corrected chi connectivity index (χ4v) is 0.553. The number of alkyl halides is 1. The highest BCUT2D eigenvalue weighted by molar-refractivity contribution is 6.17. The zero-order valence-electron chi connectivity index (χ0n) is 4.52.